The molecule has 0 unspecified atom stereocenters. The van der Waals surface area contributed by atoms with Crippen LogP contribution in [0.2, 0.25) is 0 Å². The van der Waals surface area contributed by atoms with Crippen molar-refractivity contribution in [2.24, 2.45) is 5.92 Å². The number of esters is 1. The molecule has 8 heteroatoms. The zero-order chi connectivity index (χ0) is 24.2. The van der Waals surface area contributed by atoms with Crippen molar-refractivity contribution >= 4 is 29.4 Å². The maximum atomic E-state index is 13.3. The Balaban J connectivity index is 1.54. The van der Waals surface area contributed by atoms with Gasteiger partial charge in [-0.2, -0.15) is 0 Å². The van der Waals surface area contributed by atoms with Crippen molar-refractivity contribution in [2.75, 3.05) is 31.2 Å². The number of rotatable bonds is 10. The lowest BCUT2D eigenvalue weighted by Gasteiger charge is -2.22. The molecule has 1 aliphatic carbocycles. The zero-order valence-electron chi connectivity index (χ0n) is 19.4. The first kappa shape index (κ1) is 23.5. The highest BCUT2D eigenvalue weighted by Crippen LogP contribution is 2.32. The summed E-state index contributed by atoms with van der Waals surface area (Å²) in [4.78, 5) is 53.9. The minimum absolute atomic E-state index is 0.111. The van der Waals surface area contributed by atoms with Gasteiger partial charge in [0.15, 0.2) is 0 Å². The van der Waals surface area contributed by atoms with Crippen LogP contribution in [0, 0.1) is 5.92 Å². The van der Waals surface area contributed by atoms with Crippen molar-refractivity contribution in [3.05, 3.63) is 59.2 Å². The summed E-state index contributed by atoms with van der Waals surface area (Å²) >= 11 is 0. The number of carbonyl (C=O) groups is 4. The van der Waals surface area contributed by atoms with Gasteiger partial charge in [0.1, 0.15) is 5.75 Å². The molecule has 1 heterocycles. The Kier molecular flexibility index (Phi) is 6.95. The molecule has 0 spiro atoms. The Morgan fingerprint density at radius 2 is 1.68 bits per heavy atom. The molecule has 0 N–H and O–H groups in total. The van der Waals surface area contributed by atoms with E-state index in [1.165, 1.54) is 12.1 Å². The van der Waals surface area contributed by atoms with E-state index < -0.39 is 11.8 Å². The summed E-state index contributed by atoms with van der Waals surface area (Å²) in [6.45, 7) is 5.23. The van der Waals surface area contributed by atoms with E-state index in [1.807, 2.05) is 6.92 Å². The highest BCUT2D eigenvalue weighted by molar-refractivity contribution is 6.34. The Hall–Kier alpha value is -3.68. The summed E-state index contributed by atoms with van der Waals surface area (Å²) in [7, 11) is 0. The third-order valence-corrected chi connectivity index (χ3v) is 5.89. The highest BCUT2D eigenvalue weighted by atomic mass is 16.5. The third-order valence-electron chi connectivity index (χ3n) is 5.89. The van der Waals surface area contributed by atoms with Crippen LogP contribution in [0.25, 0.3) is 0 Å². The van der Waals surface area contributed by atoms with E-state index in [-0.39, 0.29) is 36.0 Å². The number of hydrogen-bond donors (Lipinski definition) is 0. The van der Waals surface area contributed by atoms with Gasteiger partial charge in [-0.3, -0.25) is 19.2 Å². The number of hydrogen-bond acceptors (Lipinski definition) is 6. The Morgan fingerprint density at radius 3 is 2.32 bits per heavy atom. The number of benzene rings is 2. The van der Waals surface area contributed by atoms with Crippen molar-refractivity contribution in [1.29, 1.82) is 0 Å². The number of imide groups is 1. The molecule has 2 aromatic rings. The lowest BCUT2D eigenvalue weighted by atomic mass is 10.0. The van der Waals surface area contributed by atoms with Gasteiger partial charge in [-0.05, 0) is 75.1 Å². The maximum Gasteiger partial charge on any atom is 0.307 e. The average Bonchev–Trinajstić information content (AvgIpc) is 3.62. The van der Waals surface area contributed by atoms with Crippen molar-refractivity contribution in [1.82, 2.24) is 4.90 Å². The van der Waals surface area contributed by atoms with Gasteiger partial charge in [-0.15, -0.1) is 0 Å². The predicted molar refractivity (Wildman–Crippen MR) is 125 cm³/mol. The predicted octanol–water partition coefficient (Wildman–Crippen LogP) is 3.69. The molecule has 1 saturated carbocycles. The lowest BCUT2D eigenvalue weighted by molar-refractivity contribution is -0.143. The summed E-state index contributed by atoms with van der Waals surface area (Å²) < 4.78 is 10.4. The second-order valence-electron chi connectivity index (χ2n) is 8.38. The Bertz CT molecular complexity index is 1110. The van der Waals surface area contributed by atoms with Crippen LogP contribution in [-0.2, 0) is 9.53 Å². The second-order valence-corrected chi connectivity index (χ2v) is 8.38. The van der Waals surface area contributed by atoms with E-state index in [2.05, 4.69) is 0 Å². The monoisotopic (exact) mass is 464 g/mol. The van der Waals surface area contributed by atoms with E-state index in [0.717, 1.165) is 17.7 Å². The van der Waals surface area contributed by atoms with Gasteiger partial charge in [-0.1, -0.05) is 0 Å². The SMILES string of the molecule is CCOC(=O)CCN(CC1CC1)C(=O)c1ccc2c(c1)C(=O)N(c1ccc(OCC)cc1)C2=O. The largest absolute Gasteiger partial charge is 0.494 e. The smallest absolute Gasteiger partial charge is 0.307 e. The number of fused-ring (bicyclic) bond motifs is 1. The third kappa shape index (κ3) is 4.95. The fourth-order valence-electron chi connectivity index (χ4n) is 4.00. The van der Waals surface area contributed by atoms with Crippen LogP contribution in [0.1, 0.15) is 64.2 Å². The van der Waals surface area contributed by atoms with Crippen molar-refractivity contribution in [3.8, 4) is 5.75 Å². The summed E-state index contributed by atoms with van der Waals surface area (Å²) in [5.41, 5.74) is 1.21. The molecule has 0 aromatic heterocycles. The number of ether oxygens (including phenoxy) is 2. The molecule has 1 aliphatic heterocycles. The number of amides is 3. The molecule has 0 saturated heterocycles. The first-order valence-electron chi connectivity index (χ1n) is 11.6. The molecule has 0 radical (unpaired) electrons. The van der Waals surface area contributed by atoms with Crippen molar-refractivity contribution in [2.45, 2.75) is 33.1 Å². The van der Waals surface area contributed by atoms with Gasteiger partial charge >= 0.3 is 5.97 Å². The van der Waals surface area contributed by atoms with Crippen LogP contribution in [-0.4, -0.2) is 54.9 Å². The molecule has 2 aromatic carbocycles. The minimum atomic E-state index is -0.473. The van der Waals surface area contributed by atoms with Crippen LogP contribution in [0.3, 0.4) is 0 Å². The molecule has 178 valence electrons. The molecular formula is C26H28N2O6. The van der Waals surface area contributed by atoms with E-state index in [4.69, 9.17) is 9.47 Å². The van der Waals surface area contributed by atoms with Crippen molar-refractivity contribution in [3.63, 3.8) is 0 Å². The molecular weight excluding hydrogens is 436 g/mol. The topological polar surface area (TPSA) is 93.2 Å². The molecule has 3 amide bonds. The van der Waals surface area contributed by atoms with Crippen LogP contribution in [0.4, 0.5) is 5.69 Å². The van der Waals surface area contributed by atoms with E-state index in [9.17, 15) is 19.2 Å². The fraction of sp³-hybridized carbons (Fsp3) is 0.385. The molecule has 1 fully saturated rings. The van der Waals surface area contributed by atoms with E-state index in [1.54, 1.807) is 42.2 Å². The van der Waals surface area contributed by atoms with Gasteiger partial charge in [0, 0.05) is 18.7 Å². The first-order valence-corrected chi connectivity index (χ1v) is 11.6. The summed E-state index contributed by atoms with van der Waals surface area (Å²) in [6, 6.07) is 11.3. The quantitative estimate of drug-likeness (QED) is 0.393. The standard InChI is InChI=1S/C26H28N2O6/c1-3-33-20-10-8-19(9-11-20)28-25(31)21-12-7-18(15-22(21)26(28)32)24(30)27(16-17-5-6-17)14-13-23(29)34-4-2/h7-12,15,17H,3-6,13-14,16H2,1-2H3. The van der Waals surface area contributed by atoms with Gasteiger partial charge in [0.05, 0.1) is 36.4 Å². The molecule has 4 rings (SSSR count). The lowest BCUT2D eigenvalue weighted by Crippen LogP contribution is -2.35. The first-order chi connectivity index (χ1) is 16.4. The van der Waals surface area contributed by atoms with Crippen LogP contribution < -0.4 is 9.64 Å². The van der Waals surface area contributed by atoms with Crippen LogP contribution in [0.5, 0.6) is 5.75 Å². The molecule has 0 bridgehead atoms. The minimum Gasteiger partial charge on any atom is -0.494 e. The van der Waals surface area contributed by atoms with Crippen molar-refractivity contribution < 1.29 is 28.7 Å². The van der Waals surface area contributed by atoms with Crippen LogP contribution >= 0.6 is 0 Å². The Labute approximate surface area is 198 Å². The zero-order valence-corrected chi connectivity index (χ0v) is 19.4. The van der Waals surface area contributed by atoms with Gasteiger partial charge in [0.25, 0.3) is 17.7 Å². The second kappa shape index (κ2) is 10.1. The normalized spacial score (nSPS) is 14.7. The van der Waals surface area contributed by atoms with E-state index >= 15 is 0 Å². The molecule has 8 nitrogen and oxygen atoms in total. The van der Waals surface area contributed by atoms with E-state index in [0.29, 0.717) is 42.7 Å². The Morgan fingerprint density at radius 1 is 0.971 bits per heavy atom. The molecule has 0 atom stereocenters. The molecule has 34 heavy (non-hydrogen) atoms. The van der Waals surface area contributed by atoms with Gasteiger partial charge in [0.2, 0.25) is 0 Å². The number of nitrogens with zero attached hydrogens (tertiary/aromatic N) is 2. The summed E-state index contributed by atoms with van der Waals surface area (Å²) in [5.74, 6) is -0.441. The van der Waals surface area contributed by atoms with Crippen LogP contribution in [0.15, 0.2) is 42.5 Å². The number of anilines is 1. The fourth-order valence-corrected chi connectivity index (χ4v) is 4.00. The summed E-state index contributed by atoms with van der Waals surface area (Å²) in [5, 5.41) is 0. The molecule has 2 aliphatic rings. The number of carbonyl (C=O) groups excluding carboxylic acids is 4. The van der Waals surface area contributed by atoms with Gasteiger partial charge < -0.3 is 14.4 Å². The van der Waals surface area contributed by atoms with Gasteiger partial charge in [-0.25, -0.2) is 4.90 Å². The summed E-state index contributed by atoms with van der Waals surface area (Å²) in [6.07, 6.45) is 2.22. The average molecular weight is 465 g/mol. The maximum absolute atomic E-state index is 13.3. The highest BCUT2D eigenvalue weighted by Gasteiger charge is 2.37.